The molecular formula is C20H24Cl2F3NO3. The summed E-state index contributed by atoms with van der Waals surface area (Å²) in [6.07, 6.45) is -3.69. The van der Waals surface area contributed by atoms with Gasteiger partial charge in [0.15, 0.2) is 0 Å². The Labute approximate surface area is 178 Å². The Kier molecular flexibility index (Phi) is 5.82. The molecule has 1 saturated heterocycles. The van der Waals surface area contributed by atoms with Gasteiger partial charge in [0, 0.05) is 23.9 Å². The summed E-state index contributed by atoms with van der Waals surface area (Å²) in [7, 11) is 0. The molecule has 0 bridgehead atoms. The van der Waals surface area contributed by atoms with Gasteiger partial charge in [-0.05, 0) is 51.3 Å². The molecule has 0 unspecified atom stereocenters. The summed E-state index contributed by atoms with van der Waals surface area (Å²) in [6, 6.07) is 5.30. The van der Waals surface area contributed by atoms with Gasteiger partial charge in [0.05, 0.1) is 16.7 Å². The molecule has 1 aliphatic heterocycles. The van der Waals surface area contributed by atoms with Crippen LogP contribution in [0.15, 0.2) is 18.2 Å². The van der Waals surface area contributed by atoms with Crippen LogP contribution in [0.5, 0.6) is 0 Å². The van der Waals surface area contributed by atoms with Crippen molar-refractivity contribution in [3.8, 4) is 0 Å². The largest absolute Gasteiger partial charge is 0.444 e. The predicted molar refractivity (Wildman–Crippen MR) is 104 cm³/mol. The molecule has 4 nitrogen and oxygen atoms in total. The highest BCUT2D eigenvalue weighted by molar-refractivity contribution is 6.42. The second kappa shape index (κ2) is 7.50. The fraction of sp³-hybridized carbons (Fsp3) is 0.650. The monoisotopic (exact) mass is 453 g/mol. The van der Waals surface area contributed by atoms with E-state index >= 15 is 0 Å². The number of carbonyl (C=O) groups excluding carboxylic acids is 1. The Morgan fingerprint density at radius 1 is 1.21 bits per heavy atom. The molecule has 9 heteroatoms. The number of benzene rings is 1. The summed E-state index contributed by atoms with van der Waals surface area (Å²) in [5.41, 5.74) is -0.763. The van der Waals surface area contributed by atoms with Crippen LogP contribution in [0.4, 0.5) is 18.0 Å². The van der Waals surface area contributed by atoms with Crippen LogP contribution in [0.3, 0.4) is 0 Å². The number of hydrogen-bond donors (Lipinski definition) is 0. The number of amides is 1. The zero-order chi connectivity index (χ0) is 21.7. The molecule has 0 aromatic heterocycles. The van der Waals surface area contributed by atoms with Crippen LogP contribution in [-0.4, -0.2) is 49.1 Å². The van der Waals surface area contributed by atoms with E-state index in [4.69, 9.17) is 32.7 Å². The maximum atomic E-state index is 12.6. The van der Waals surface area contributed by atoms with Crippen LogP contribution in [0.1, 0.15) is 39.2 Å². The van der Waals surface area contributed by atoms with E-state index in [0.29, 0.717) is 29.4 Å². The minimum atomic E-state index is -4.41. The van der Waals surface area contributed by atoms with E-state index < -0.39 is 35.3 Å². The maximum Gasteiger partial charge on any atom is 0.411 e. The standard InChI is InChI=1S/C20H24Cl2F3NO3/c1-17(2,3)29-16(27)26-7-6-19(13-4-5-14(21)15(22)8-13)9-18(19,10-26)11-28-12-20(23,24)25/h4-5,8H,6-7,9-12H2,1-3H3/t18-,19-/m0/s1. The number of nitrogens with zero attached hydrogens (tertiary/aromatic N) is 1. The van der Waals surface area contributed by atoms with Crippen molar-refractivity contribution in [2.45, 2.75) is 50.8 Å². The number of piperidine rings is 1. The first-order valence-corrected chi connectivity index (χ1v) is 10.1. The zero-order valence-corrected chi connectivity index (χ0v) is 18.0. The maximum absolute atomic E-state index is 12.6. The highest BCUT2D eigenvalue weighted by Crippen LogP contribution is 2.69. The molecule has 1 saturated carbocycles. The lowest BCUT2D eigenvalue weighted by atomic mass is 9.80. The predicted octanol–water partition coefficient (Wildman–Crippen LogP) is 5.84. The van der Waals surface area contributed by atoms with Gasteiger partial charge in [-0.15, -0.1) is 0 Å². The number of alkyl halides is 3. The first-order chi connectivity index (χ1) is 13.3. The van der Waals surface area contributed by atoms with E-state index in [2.05, 4.69) is 0 Å². The van der Waals surface area contributed by atoms with Crippen molar-refractivity contribution in [2.24, 2.45) is 5.41 Å². The molecule has 29 heavy (non-hydrogen) atoms. The molecule has 0 radical (unpaired) electrons. The molecule has 0 spiro atoms. The summed E-state index contributed by atoms with van der Waals surface area (Å²) in [6.45, 7) is 4.59. The first kappa shape index (κ1) is 22.5. The first-order valence-electron chi connectivity index (χ1n) is 9.35. The van der Waals surface area contributed by atoms with Crippen molar-refractivity contribution >= 4 is 29.3 Å². The molecule has 2 atom stereocenters. The van der Waals surface area contributed by atoms with Gasteiger partial charge in [0.1, 0.15) is 12.2 Å². The lowest BCUT2D eigenvalue weighted by Crippen LogP contribution is -2.48. The van der Waals surface area contributed by atoms with Gasteiger partial charge >= 0.3 is 12.3 Å². The lowest BCUT2D eigenvalue weighted by Gasteiger charge is -2.38. The minimum Gasteiger partial charge on any atom is -0.444 e. The lowest BCUT2D eigenvalue weighted by molar-refractivity contribution is -0.179. The Bertz CT molecular complexity index is 796. The Hall–Kier alpha value is -1.18. The van der Waals surface area contributed by atoms with Gasteiger partial charge in [-0.1, -0.05) is 29.3 Å². The molecule has 0 N–H and O–H groups in total. The molecule has 1 aromatic rings. The van der Waals surface area contributed by atoms with Crippen LogP contribution in [0.25, 0.3) is 0 Å². The smallest absolute Gasteiger partial charge is 0.411 e. The van der Waals surface area contributed by atoms with E-state index in [1.807, 2.05) is 6.07 Å². The van der Waals surface area contributed by atoms with Gasteiger partial charge in [-0.25, -0.2) is 4.79 Å². The van der Waals surface area contributed by atoms with Crippen LogP contribution < -0.4 is 0 Å². The van der Waals surface area contributed by atoms with Gasteiger partial charge in [0.2, 0.25) is 0 Å². The second-order valence-electron chi connectivity index (χ2n) is 8.93. The van der Waals surface area contributed by atoms with Gasteiger partial charge in [0.25, 0.3) is 0 Å². The number of fused-ring (bicyclic) bond motifs is 1. The van der Waals surface area contributed by atoms with Crippen LogP contribution in [0, 0.1) is 5.41 Å². The van der Waals surface area contributed by atoms with Crippen molar-refractivity contribution < 1.29 is 27.4 Å². The number of carbonyl (C=O) groups is 1. The van der Waals surface area contributed by atoms with E-state index in [0.717, 1.165) is 5.56 Å². The molecule has 2 aliphatic rings. The van der Waals surface area contributed by atoms with E-state index in [1.165, 1.54) is 0 Å². The van der Waals surface area contributed by atoms with Crippen molar-refractivity contribution in [3.05, 3.63) is 33.8 Å². The van der Waals surface area contributed by atoms with Gasteiger partial charge in [-0.3, -0.25) is 0 Å². The van der Waals surface area contributed by atoms with Crippen LogP contribution in [0.2, 0.25) is 10.0 Å². The van der Waals surface area contributed by atoms with Crippen LogP contribution in [-0.2, 0) is 14.9 Å². The SMILES string of the molecule is CC(C)(C)OC(=O)N1CC[C@@]2(c3ccc(Cl)c(Cl)c3)C[C@@]2(COCC(F)(F)F)C1. The Morgan fingerprint density at radius 2 is 1.90 bits per heavy atom. The molecule has 1 aromatic carbocycles. The summed E-state index contributed by atoms with van der Waals surface area (Å²) in [5, 5.41) is 0.808. The average Bonchev–Trinajstić information content (AvgIpc) is 3.23. The van der Waals surface area contributed by atoms with Gasteiger partial charge in [-0.2, -0.15) is 13.2 Å². The van der Waals surface area contributed by atoms with E-state index in [9.17, 15) is 18.0 Å². The number of ether oxygens (including phenoxy) is 2. The topological polar surface area (TPSA) is 38.8 Å². The van der Waals surface area contributed by atoms with Crippen molar-refractivity contribution in [1.29, 1.82) is 0 Å². The third-order valence-electron chi connectivity index (χ3n) is 5.60. The van der Waals surface area contributed by atoms with Crippen molar-refractivity contribution in [3.63, 3.8) is 0 Å². The van der Waals surface area contributed by atoms with E-state index in [-0.39, 0.29) is 13.2 Å². The van der Waals surface area contributed by atoms with Crippen molar-refractivity contribution in [1.82, 2.24) is 4.90 Å². The summed E-state index contributed by atoms with van der Waals surface area (Å²) in [5.74, 6) is 0. The summed E-state index contributed by atoms with van der Waals surface area (Å²) < 4.78 is 48.3. The second-order valence-corrected chi connectivity index (χ2v) is 9.74. The number of likely N-dealkylation sites (tertiary alicyclic amines) is 1. The molecule has 3 rings (SSSR count). The summed E-state index contributed by atoms with van der Waals surface area (Å²) in [4.78, 5) is 14.1. The Balaban J connectivity index is 1.83. The average molecular weight is 454 g/mol. The molecule has 1 amide bonds. The quantitative estimate of drug-likeness (QED) is 0.574. The molecule has 1 heterocycles. The summed E-state index contributed by atoms with van der Waals surface area (Å²) >= 11 is 12.2. The fourth-order valence-electron chi connectivity index (χ4n) is 4.29. The molecule has 1 aliphatic carbocycles. The van der Waals surface area contributed by atoms with Crippen molar-refractivity contribution in [2.75, 3.05) is 26.3 Å². The molecule has 2 fully saturated rings. The zero-order valence-electron chi connectivity index (χ0n) is 16.5. The number of hydrogen-bond acceptors (Lipinski definition) is 3. The molecule has 162 valence electrons. The minimum absolute atomic E-state index is 0.105. The van der Waals surface area contributed by atoms with Gasteiger partial charge < -0.3 is 14.4 Å². The fourth-order valence-corrected chi connectivity index (χ4v) is 4.59. The highest BCUT2D eigenvalue weighted by Gasteiger charge is 2.70. The van der Waals surface area contributed by atoms with E-state index in [1.54, 1.807) is 37.8 Å². The highest BCUT2D eigenvalue weighted by atomic mass is 35.5. The third-order valence-corrected chi connectivity index (χ3v) is 6.34. The third kappa shape index (κ3) is 4.78. The van der Waals surface area contributed by atoms with Crippen LogP contribution >= 0.6 is 23.2 Å². The normalized spacial score (nSPS) is 26.8. The molecular weight excluding hydrogens is 430 g/mol. The Morgan fingerprint density at radius 3 is 2.48 bits per heavy atom. The number of halogens is 5. The number of rotatable bonds is 4.